The number of hydrogen-bond donors (Lipinski definition) is 1. The fourth-order valence-corrected chi connectivity index (χ4v) is 5.55. The summed E-state index contributed by atoms with van der Waals surface area (Å²) < 4.78 is 39.2. The van der Waals surface area contributed by atoms with Crippen molar-refractivity contribution in [2.75, 3.05) is 23.8 Å². The fraction of sp³-hybridized carbons (Fsp3) is 0.233. The summed E-state index contributed by atoms with van der Waals surface area (Å²) in [6.07, 6.45) is 0.211. The van der Waals surface area contributed by atoms with E-state index in [1.54, 1.807) is 18.2 Å². The van der Waals surface area contributed by atoms with Crippen LogP contribution in [0.4, 0.5) is 11.4 Å². The zero-order chi connectivity index (χ0) is 27.3. The van der Waals surface area contributed by atoms with Gasteiger partial charge in [0.1, 0.15) is 5.75 Å². The van der Waals surface area contributed by atoms with E-state index in [1.165, 1.54) is 26.4 Å². The van der Waals surface area contributed by atoms with E-state index in [2.05, 4.69) is 28.7 Å². The molecule has 8 heteroatoms. The highest BCUT2D eigenvalue weighted by Gasteiger charge is 2.23. The number of nitrogens with one attached hydrogen (secondary N) is 1. The number of fused-ring (bicyclic) bond motifs is 1. The number of rotatable bonds is 10. The Morgan fingerprint density at radius 2 is 1.55 bits per heavy atom. The quantitative estimate of drug-likeness (QED) is 0.255. The van der Waals surface area contributed by atoms with Crippen molar-refractivity contribution in [3.8, 4) is 5.75 Å². The third kappa shape index (κ3) is 5.92. The normalized spacial score (nSPS) is 12.1. The molecule has 198 valence electrons. The Labute approximate surface area is 224 Å². The van der Waals surface area contributed by atoms with E-state index >= 15 is 0 Å². The van der Waals surface area contributed by atoms with Crippen molar-refractivity contribution >= 4 is 38.1 Å². The SMILES string of the molecule is COC(=O)C[C@H](C)N(Cc1ccccc1C)c1ccc(NS(=O)(=O)c2ccc(OC)cc2)c2ccccc12. The van der Waals surface area contributed by atoms with Crippen molar-refractivity contribution in [3.05, 3.63) is 96.1 Å². The summed E-state index contributed by atoms with van der Waals surface area (Å²) in [5.41, 5.74) is 3.65. The highest BCUT2D eigenvalue weighted by Crippen LogP contribution is 2.36. The summed E-state index contributed by atoms with van der Waals surface area (Å²) in [4.78, 5) is 14.5. The Kier molecular flexibility index (Phi) is 8.22. The van der Waals surface area contributed by atoms with Crippen molar-refractivity contribution in [1.82, 2.24) is 0 Å². The summed E-state index contributed by atoms with van der Waals surface area (Å²) in [5, 5.41) is 1.62. The maximum absolute atomic E-state index is 13.2. The summed E-state index contributed by atoms with van der Waals surface area (Å²) in [7, 11) is -0.913. The van der Waals surface area contributed by atoms with Gasteiger partial charge < -0.3 is 14.4 Å². The molecule has 4 aromatic rings. The second-order valence-corrected chi connectivity index (χ2v) is 10.8. The van der Waals surface area contributed by atoms with Crippen molar-refractivity contribution in [3.63, 3.8) is 0 Å². The van der Waals surface area contributed by atoms with Crippen LogP contribution < -0.4 is 14.4 Å². The zero-order valence-corrected chi connectivity index (χ0v) is 22.8. The van der Waals surface area contributed by atoms with E-state index in [-0.39, 0.29) is 23.3 Å². The van der Waals surface area contributed by atoms with E-state index in [4.69, 9.17) is 9.47 Å². The zero-order valence-electron chi connectivity index (χ0n) is 22.0. The second kappa shape index (κ2) is 11.6. The van der Waals surface area contributed by atoms with Gasteiger partial charge in [-0.3, -0.25) is 9.52 Å². The topological polar surface area (TPSA) is 84.9 Å². The molecule has 0 saturated carbocycles. The van der Waals surface area contributed by atoms with Crippen molar-refractivity contribution in [2.45, 2.75) is 37.8 Å². The summed E-state index contributed by atoms with van der Waals surface area (Å²) in [6.45, 7) is 4.63. The van der Waals surface area contributed by atoms with Gasteiger partial charge in [0, 0.05) is 29.0 Å². The molecule has 0 saturated heterocycles. The van der Waals surface area contributed by atoms with Gasteiger partial charge in [-0.05, 0) is 61.4 Å². The predicted octanol–water partition coefficient (Wildman–Crippen LogP) is 5.92. The van der Waals surface area contributed by atoms with Crippen LogP contribution in [-0.2, 0) is 26.1 Å². The predicted molar refractivity (Wildman–Crippen MR) is 151 cm³/mol. The Morgan fingerprint density at radius 3 is 2.21 bits per heavy atom. The minimum absolute atomic E-state index is 0.138. The smallest absolute Gasteiger partial charge is 0.307 e. The van der Waals surface area contributed by atoms with Gasteiger partial charge in [-0.25, -0.2) is 8.42 Å². The number of hydrogen-bond acceptors (Lipinski definition) is 6. The highest BCUT2D eigenvalue weighted by atomic mass is 32.2. The monoisotopic (exact) mass is 532 g/mol. The number of methoxy groups -OCH3 is 2. The molecule has 0 amide bonds. The minimum atomic E-state index is -3.83. The lowest BCUT2D eigenvalue weighted by molar-refractivity contribution is -0.140. The molecule has 0 bridgehead atoms. The second-order valence-electron chi connectivity index (χ2n) is 9.14. The first-order chi connectivity index (χ1) is 18.2. The van der Waals surface area contributed by atoms with E-state index < -0.39 is 10.0 Å². The van der Waals surface area contributed by atoms with Crippen LogP contribution in [0.5, 0.6) is 5.75 Å². The minimum Gasteiger partial charge on any atom is -0.497 e. The Hall–Kier alpha value is -4.04. The average Bonchev–Trinajstić information content (AvgIpc) is 2.93. The number of carbonyl (C=O) groups is 1. The van der Waals surface area contributed by atoms with Gasteiger partial charge in [0.25, 0.3) is 10.0 Å². The molecular weight excluding hydrogens is 500 g/mol. The van der Waals surface area contributed by atoms with E-state index in [1.807, 2.05) is 49.4 Å². The van der Waals surface area contributed by atoms with Crippen LogP contribution >= 0.6 is 0 Å². The third-order valence-electron chi connectivity index (χ3n) is 6.65. The molecule has 0 fully saturated rings. The molecule has 1 atom stereocenters. The van der Waals surface area contributed by atoms with E-state index in [9.17, 15) is 13.2 Å². The van der Waals surface area contributed by atoms with Crippen LogP contribution in [0.1, 0.15) is 24.5 Å². The molecule has 1 N–H and O–H groups in total. The Morgan fingerprint density at radius 1 is 0.895 bits per heavy atom. The summed E-state index contributed by atoms with van der Waals surface area (Å²) >= 11 is 0. The number of nitrogens with zero attached hydrogens (tertiary/aromatic N) is 1. The average molecular weight is 533 g/mol. The number of benzene rings is 4. The number of aryl methyl sites for hydroxylation is 1. The molecular formula is C30H32N2O5S. The number of anilines is 2. The summed E-state index contributed by atoms with van der Waals surface area (Å²) in [5.74, 6) is 0.286. The van der Waals surface area contributed by atoms with Crippen LogP contribution in [0, 0.1) is 6.92 Å². The summed E-state index contributed by atoms with van der Waals surface area (Å²) in [6, 6.07) is 25.5. The lowest BCUT2D eigenvalue weighted by Gasteiger charge is -2.33. The molecule has 0 aliphatic heterocycles. The lowest BCUT2D eigenvalue weighted by Crippen LogP contribution is -2.35. The molecule has 38 heavy (non-hydrogen) atoms. The van der Waals surface area contributed by atoms with Crippen molar-refractivity contribution in [1.29, 1.82) is 0 Å². The molecule has 7 nitrogen and oxygen atoms in total. The van der Waals surface area contributed by atoms with Crippen LogP contribution in [0.3, 0.4) is 0 Å². The van der Waals surface area contributed by atoms with Gasteiger partial charge in [0.05, 0.1) is 31.2 Å². The third-order valence-corrected chi connectivity index (χ3v) is 8.03. The van der Waals surface area contributed by atoms with Crippen molar-refractivity contribution in [2.24, 2.45) is 0 Å². The first-order valence-corrected chi connectivity index (χ1v) is 13.8. The van der Waals surface area contributed by atoms with Gasteiger partial charge in [-0.2, -0.15) is 0 Å². The van der Waals surface area contributed by atoms with Gasteiger partial charge in [-0.15, -0.1) is 0 Å². The number of sulfonamides is 1. The molecule has 0 aromatic heterocycles. The molecule has 0 heterocycles. The molecule has 4 rings (SSSR count). The first-order valence-electron chi connectivity index (χ1n) is 12.3. The molecule has 0 unspecified atom stereocenters. The molecule has 0 aliphatic carbocycles. The maximum atomic E-state index is 13.2. The number of ether oxygens (including phenoxy) is 2. The molecule has 0 spiro atoms. The fourth-order valence-electron chi connectivity index (χ4n) is 4.47. The van der Waals surface area contributed by atoms with Gasteiger partial charge in [-0.1, -0.05) is 48.5 Å². The van der Waals surface area contributed by atoms with Crippen LogP contribution in [0.2, 0.25) is 0 Å². The lowest BCUT2D eigenvalue weighted by atomic mass is 10.0. The Bertz CT molecular complexity index is 1530. The first kappa shape index (κ1) is 27.0. The highest BCUT2D eigenvalue weighted by molar-refractivity contribution is 7.92. The standard InChI is InChI=1S/C30H32N2O5S/c1-21-9-5-6-10-23(21)20-32(22(2)19-30(33)37-4)29-18-17-28(26-11-7-8-12-27(26)29)31-38(34,35)25-15-13-24(36-3)14-16-25/h5-18,22,31H,19-20H2,1-4H3/t22-/m0/s1. The number of esters is 1. The van der Waals surface area contributed by atoms with Gasteiger partial charge in [0.15, 0.2) is 0 Å². The van der Waals surface area contributed by atoms with Crippen LogP contribution in [-0.4, -0.2) is 34.6 Å². The number of carbonyl (C=O) groups excluding carboxylic acids is 1. The van der Waals surface area contributed by atoms with Gasteiger partial charge >= 0.3 is 5.97 Å². The van der Waals surface area contributed by atoms with Gasteiger partial charge in [0.2, 0.25) is 0 Å². The molecule has 4 aromatic carbocycles. The molecule has 0 aliphatic rings. The van der Waals surface area contributed by atoms with E-state index in [0.29, 0.717) is 18.0 Å². The van der Waals surface area contributed by atoms with Crippen molar-refractivity contribution < 1.29 is 22.7 Å². The van der Waals surface area contributed by atoms with Crippen LogP contribution in [0.15, 0.2) is 89.8 Å². The van der Waals surface area contributed by atoms with Crippen LogP contribution in [0.25, 0.3) is 10.8 Å². The van der Waals surface area contributed by atoms with E-state index in [0.717, 1.165) is 27.6 Å². The largest absolute Gasteiger partial charge is 0.497 e. The maximum Gasteiger partial charge on any atom is 0.307 e. The Balaban J connectivity index is 1.76. The molecule has 0 radical (unpaired) electrons.